The van der Waals surface area contributed by atoms with E-state index in [-0.39, 0.29) is 5.97 Å². The second-order valence-corrected chi connectivity index (χ2v) is 4.35. The van der Waals surface area contributed by atoms with E-state index in [4.69, 9.17) is 16.3 Å². The van der Waals surface area contributed by atoms with Gasteiger partial charge in [-0.2, -0.15) is 0 Å². The molecule has 1 aromatic heterocycles. The van der Waals surface area contributed by atoms with Gasteiger partial charge in [-0.1, -0.05) is 11.6 Å². The van der Waals surface area contributed by atoms with Crippen LogP contribution < -0.4 is 4.90 Å². The number of esters is 1. The van der Waals surface area contributed by atoms with Crippen molar-refractivity contribution in [1.82, 2.24) is 4.98 Å². The molecule has 92 valence electrons. The smallest absolute Gasteiger partial charge is 0.339 e. The van der Waals surface area contributed by atoms with E-state index in [1.54, 1.807) is 13.0 Å². The number of carbonyl (C=O) groups is 1. The highest BCUT2D eigenvalue weighted by Gasteiger charge is 2.18. The van der Waals surface area contributed by atoms with Gasteiger partial charge in [-0.25, -0.2) is 9.78 Å². The molecule has 0 unspecified atom stereocenters. The van der Waals surface area contributed by atoms with Crippen LogP contribution in [0.25, 0.3) is 0 Å². The molecule has 0 aromatic carbocycles. The van der Waals surface area contributed by atoms with Gasteiger partial charge in [0.25, 0.3) is 0 Å². The fraction of sp³-hybridized carbons (Fsp3) is 0.500. The molecule has 0 bridgehead atoms. The van der Waals surface area contributed by atoms with Gasteiger partial charge in [-0.05, 0) is 25.8 Å². The summed E-state index contributed by atoms with van der Waals surface area (Å²) in [5, 5.41) is 0.512. The van der Waals surface area contributed by atoms with E-state index in [1.165, 1.54) is 6.20 Å². The first-order valence-corrected chi connectivity index (χ1v) is 6.17. The maximum Gasteiger partial charge on any atom is 0.339 e. The Hall–Kier alpha value is -1.29. The minimum atomic E-state index is -0.380. The summed E-state index contributed by atoms with van der Waals surface area (Å²) in [7, 11) is 0. The number of pyridine rings is 1. The molecule has 5 heteroatoms. The molecular formula is C12H15ClN2O2. The maximum absolute atomic E-state index is 11.5. The number of hydrogen-bond donors (Lipinski definition) is 0. The minimum Gasteiger partial charge on any atom is -0.462 e. The average Bonchev–Trinajstić information content (AvgIpc) is 2.82. The third kappa shape index (κ3) is 2.69. The molecule has 0 saturated carbocycles. The summed E-state index contributed by atoms with van der Waals surface area (Å²) in [5.41, 5.74) is 0.403. The van der Waals surface area contributed by atoms with Crippen molar-refractivity contribution in [2.75, 3.05) is 24.6 Å². The van der Waals surface area contributed by atoms with Crippen LogP contribution in [0.5, 0.6) is 0 Å². The van der Waals surface area contributed by atoms with Crippen LogP contribution in [0, 0.1) is 0 Å². The molecule has 1 fully saturated rings. The SMILES string of the molecule is CCOC(=O)c1cnc(N2CCCC2)c(Cl)c1. The maximum atomic E-state index is 11.5. The van der Waals surface area contributed by atoms with E-state index in [1.807, 2.05) is 0 Å². The van der Waals surface area contributed by atoms with Crippen LogP contribution in [-0.4, -0.2) is 30.6 Å². The van der Waals surface area contributed by atoms with Crippen molar-refractivity contribution >= 4 is 23.4 Å². The van der Waals surface area contributed by atoms with E-state index >= 15 is 0 Å². The Balaban J connectivity index is 2.19. The number of anilines is 1. The summed E-state index contributed by atoms with van der Waals surface area (Å²) >= 11 is 6.14. The molecule has 0 N–H and O–H groups in total. The molecular weight excluding hydrogens is 240 g/mol. The molecule has 1 aliphatic rings. The summed E-state index contributed by atoms with van der Waals surface area (Å²) in [6, 6.07) is 1.63. The van der Waals surface area contributed by atoms with Crippen LogP contribution in [0.4, 0.5) is 5.82 Å². The largest absolute Gasteiger partial charge is 0.462 e. The molecule has 1 aliphatic heterocycles. The lowest BCUT2D eigenvalue weighted by Gasteiger charge is -2.17. The Bertz CT molecular complexity index is 417. The highest BCUT2D eigenvalue weighted by Crippen LogP contribution is 2.27. The Morgan fingerprint density at radius 2 is 2.24 bits per heavy atom. The number of halogens is 1. The molecule has 2 rings (SSSR count). The monoisotopic (exact) mass is 254 g/mol. The molecule has 0 amide bonds. The Labute approximate surface area is 106 Å². The van der Waals surface area contributed by atoms with Gasteiger partial charge in [-0.3, -0.25) is 0 Å². The van der Waals surface area contributed by atoms with Gasteiger partial charge in [0, 0.05) is 19.3 Å². The van der Waals surface area contributed by atoms with Crippen molar-refractivity contribution in [3.05, 3.63) is 22.8 Å². The number of rotatable bonds is 3. The Kier molecular flexibility index (Phi) is 3.84. The van der Waals surface area contributed by atoms with Crippen LogP contribution in [0.15, 0.2) is 12.3 Å². The number of ether oxygens (including phenoxy) is 1. The van der Waals surface area contributed by atoms with Crippen LogP contribution in [0.1, 0.15) is 30.1 Å². The van der Waals surface area contributed by atoms with E-state index in [0.717, 1.165) is 31.7 Å². The zero-order valence-corrected chi connectivity index (χ0v) is 10.5. The molecule has 1 saturated heterocycles. The Morgan fingerprint density at radius 3 is 2.82 bits per heavy atom. The van der Waals surface area contributed by atoms with Crippen LogP contribution in [0.2, 0.25) is 5.02 Å². The molecule has 0 spiro atoms. The number of nitrogens with zero attached hydrogens (tertiary/aromatic N) is 2. The lowest BCUT2D eigenvalue weighted by molar-refractivity contribution is 0.0526. The summed E-state index contributed by atoms with van der Waals surface area (Å²) < 4.78 is 4.90. The first-order chi connectivity index (χ1) is 8.22. The van der Waals surface area contributed by atoms with Crippen LogP contribution in [-0.2, 0) is 4.74 Å². The van der Waals surface area contributed by atoms with Gasteiger partial charge < -0.3 is 9.64 Å². The van der Waals surface area contributed by atoms with E-state index < -0.39 is 0 Å². The van der Waals surface area contributed by atoms with Crippen LogP contribution in [0.3, 0.4) is 0 Å². The zero-order chi connectivity index (χ0) is 12.3. The number of aromatic nitrogens is 1. The van der Waals surface area contributed by atoms with Gasteiger partial charge in [0.15, 0.2) is 0 Å². The number of carbonyl (C=O) groups excluding carboxylic acids is 1. The molecule has 1 aromatic rings. The first kappa shape index (κ1) is 12.2. The molecule has 0 aliphatic carbocycles. The van der Waals surface area contributed by atoms with E-state index in [9.17, 15) is 4.79 Å². The summed E-state index contributed by atoms with van der Waals surface area (Å²) in [6.45, 7) is 4.08. The van der Waals surface area contributed by atoms with Gasteiger partial charge in [-0.15, -0.1) is 0 Å². The molecule has 0 radical (unpaired) electrons. The summed E-state index contributed by atoms with van der Waals surface area (Å²) in [4.78, 5) is 17.9. The predicted octanol–water partition coefficient (Wildman–Crippen LogP) is 2.51. The molecule has 17 heavy (non-hydrogen) atoms. The van der Waals surface area contributed by atoms with Crippen molar-refractivity contribution < 1.29 is 9.53 Å². The van der Waals surface area contributed by atoms with Crippen LogP contribution >= 0.6 is 11.6 Å². The van der Waals surface area contributed by atoms with Gasteiger partial charge >= 0.3 is 5.97 Å². The van der Waals surface area contributed by atoms with E-state index in [2.05, 4.69) is 9.88 Å². The predicted molar refractivity (Wildman–Crippen MR) is 66.7 cm³/mol. The lowest BCUT2D eigenvalue weighted by Crippen LogP contribution is -2.19. The Morgan fingerprint density at radius 1 is 1.53 bits per heavy atom. The third-order valence-electron chi connectivity index (χ3n) is 2.74. The van der Waals surface area contributed by atoms with Gasteiger partial charge in [0.2, 0.25) is 0 Å². The fourth-order valence-corrected chi connectivity index (χ4v) is 2.20. The van der Waals surface area contributed by atoms with Gasteiger partial charge in [0.05, 0.1) is 17.2 Å². The van der Waals surface area contributed by atoms with Crippen molar-refractivity contribution in [2.24, 2.45) is 0 Å². The van der Waals surface area contributed by atoms with Crippen molar-refractivity contribution in [3.63, 3.8) is 0 Å². The second kappa shape index (κ2) is 5.36. The zero-order valence-electron chi connectivity index (χ0n) is 9.78. The highest BCUT2D eigenvalue weighted by molar-refractivity contribution is 6.33. The highest BCUT2D eigenvalue weighted by atomic mass is 35.5. The third-order valence-corrected chi connectivity index (χ3v) is 3.02. The topological polar surface area (TPSA) is 42.4 Å². The first-order valence-electron chi connectivity index (χ1n) is 5.80. The fourth-order valence-electron chi connectivity index (χ4n) is 1.92. The summed E-state index contributed by atoms with van der Waals surface area (Å²) in [5.74, 6) is 0.382. The summed E-state index contributed by atoms with van der Waals surface area (Å²) in [6.07, 6.45) is 3.85. The van der Waals surface area contributed by atoms with E-state index in [0.29, 0.717) is 17.2 Å². The number of hydrogen-bond acceptors (Lipinski definition) is 4. The van der Waals surface area contributed by atoms with Crippen molar-refractivity contribution in [3.8, 4) is 0 Å². The van der Waals surface area contributed by atoms with Gasteiger partial charge in [0.1, 0.15) is 5.82 Å². The van der Waals surface area contributed by atoms with Crippen molar-refractivity contribution in [1.29, 1.82) is 0 Å². The second-order valence-electron chi connectivity index (χ2n) is 3.94. The molecule has 2 heterocycles. The molecule has 4 nitrogen and oxygen atoms in total. The normalized spacial score (nSPS) is 15.1. The quantitative estimate of drug-likeness (QED) is 0.778. The molecule has 0 atom stereocenters. The standard InChI is InChI=1S/C12H15ClN2O2/c1-2-17-12(16)9-7-10(13)11(14-8-9)15-5-3-4-6-15/h7-8H,2-6H2,1H3. The van der Waals surface area contributed by atoms with Crippen molar-refractivity contribution in [2.45, 2.75) is 19.8 Å². The average molecular weight is 255 g/mol. The lowest BCUT2D eigenvalue weighted by atomic mass is 10.3. The minimum absolute atomic E-state index is 0.352.